The summed E-state index contributed by atoms with van der Waals surface area (Å²) >= 11 is 6.00. The molecule has 0 saturated heterocycles. The van der Waals surface area contributed by atoms with E-state index in [0.717, 1.165) is 12.0 Å². The molecule has 2 aromatic carbocycles. The first-order valence-corrected chi connectivity index (χ1v) is 10.2. The molecule has 0 atom stereocenters. The molecule has 0 aliphatic carbocycles. The van der Waals surface area contributed by atoms with Gasteiger partial charge in [-0.2, -0.15) is 5.10 Å². The van der Waals surface area contributed by atoms with Gasteiger partial charge in [0.15, 0.2) is 5.82 Å². The van der Waals surface area contributed by atoms with Crippen LogP contribution in [-0.4, -0.2) is 20.7 Å². The van der Waals surface area contributed by atoms with Gasteiger partial charge in [-0.05, 0) is 60.0 Å². The second kappa shape index (κ2) is 9.91. The van der Waals surface area contributed by atoms with Crippen molar-refractivity contribution < 1.29 is 9.53 Å². The number of amides is 1. The summed E-state index contributed by atoms with van der Waals surface area (Å²) in [4.78, 5) is 16.7. The third kappa shape index (κ3) is 5.93. The van der Waals surface area contributed by atoms with Gasteiger partial charge in [0.1, 0.15) is 12.4 Å². The van der Waals surface area contributed by atoms with Gasteiger partial charge in [-0.25, -0.2) is 0 Å². The fourth-order valence-electron chi connectivity index (χ4n) is 3.06. The standard InChI is InChI=1S/C24H21ClN4O2/c25-21-5-1-3-19(15-21)17-31-22-6-2-4-20(16-22)24(30)27-23-10-14-29(28-23)13-9-18-7-11-26-12-8-18/h1-8,10-12,14-16H,9,13,17H2,(H,27,28,30). The van der Waals surface area contributed by atoms with E-state index in [-0.39, 0.29) is 5.91 Å². The lowest BCUT2D eigenvalue weighted by Gasteiger charge is -2.08. The molecule has 1 N–H and O–H groups in total. The maximum absolute atomic E-state index is 12.6. The normalized spacial score (nSPS) is 10.6. The Kier molecular flexibility index (Phi) is 6.59. The number of nitrogens with one attached hydrogen (secondary N) is 1. The van der Waals surface area contributed by atoms with Gasteiger partial charge in [-0.3, -0.25) is 14.5 Å². The molecular formula is C24H21ClN4O2. The zero-order chi connectivity index (χ0) is 21.5. The van der Waals surface area contributed by atoms with Crippen LogP contribution < -0.4 is 10.1 Å². The van der Waals surface area contributed by atoms with Gasteiger partial charge < -0.3 is 10.1 Å². The van der Waals surface area contributed by atoms with Crippen LogP contribution in [0.1, 0.15) is 21.5 Å². The van der Waals surface area contributed by atoms with Crippen LogP contribution in [0, 0.1) is 0 Å². The second-order valence-electron chi connectivity index (χ2n) is 6.97. The summed E-state index contributed by atoms with van der Waals surface area (Å²) in [6.45, 7) is 1.08. The molecule has 0 aliphatic rings. The number of aromatic nitrogens is 3. The second-order valence-corrected chi connectivity index (χ2v) is 7.41. The Labute approximate surface area is 185 Å². The van der Waals surface area contributed by atoms with E-state index in [1.165, 1.54) is 5.56 Å². The minimum Gasteiger partial charge on any atom is -0.489 e. The number of halogens is 1. The van der Waals surface area contributed by atoms with Crippen LogP contribution in [0.25, 0.3) is 0 Å². The molecule has 2 aromatic heterocycles. The van der Waals surface area contributed by atoms with E-state index in [9.17, 15) is 4.79 Å². The lowest BCUT2D eigenvalue weighted by Crippen LogP contribution is -2.13. The Hall–Kier alpha value is -3.64. The minimum absolute atomic E-state index is 0.243. The first-order chi connectivity index (χ1) is 15.2. The number of carbonyl (C=O) groups excluding carboxylic acids is 1. The fraction of sp³-hybridized carbons (Fsp3) is 0.125. The van der Waals surface area contributed by atoms with E-state index in [1.54, 1.807) is 41.3 Å². The summed E-state index contributed by atoms with van der Waals surface area (Å²) in [6, 6.07) is 20.3. The number of aryl methyl sites for hydroxylation is 2. The Morgan fingerprint density at radius 1 is 1.00 bits per heavy atom. The average molecular weight is 433 g/mol. The Morgan fingerprint density at radius 3 is 2.68 bits per heavy atom. The number of ether oxygens (including phenoxy) is 1. The molecule has 156 valence electrons. The van der Waals surface area contributed by atoms with E-state index in [1.807, 2.05) is 48.7 Å². The van der Waals surface area contributed by atoms with Crippen LogP contribution in [0.3, 0.4) is 0 Å². The molecule has 7 heteroatoms. The molecule has 0 unspecified atom stereocenters. The van der Waals surface area contributed by atoms with Crippen LogP contribution in [0.5, 0.6) is 5.75 Å². The molecule has 4 aromatic rings. The van der Waals surface area contributed by atoms with Gasteiger partial charge in [-0.1, -0.05) is 29.8 Å². The molecule has 0 fully saturated rings. The maximum atomic E-state index is 12.6. The topological polar surface area (TPSA) is 69.0 Å². The summed E-state index contributed by atoms with van der Waals surface area (Å²) in [5, 5.41) is 7.92. The molecule has 0 aliphatic heterocycles. The molecule has 31 heavy (non-hydrogen) atoms. The molecule has 0 bridgehead atoms. The van der Waals surface area contributed by atoms with Crippen molar-refractivity contribution >= 4 is 23.3 Å². The maximum Gasteiger partial charge on any atom is 0.256 e. The van der Waals surface area contributed by atoms with Crippen molar-refractivity contribution in [2.24, 2.45) is 0 Å². The van der Waals surface area contributed by atoms with Crippen molar-refractivity contribution in [3.05, 3.63) is 107 Å². The number of pyridine rings is 1. The van der Waals surface area contributed by atoms with Gasteiger partial charge in [-0.15, -0.1) is 0 Å². The van der Waals surface area contributed by atoms with E-state index >= 15 is 0 Å². The highest BCUT2D eigenvalue weighted by atomic mass is 35.5. The Bertz CT molecular complexity index is 1160. The van der Waals surface area contributed by atoms with Crippen LogP contribution in [0.2, 0.25) is 5.02 Å². The fourth-order valence-corrected chi connectivity index (χ4v) is 3.27. The average Bonchev–Trinajstić information content (AvgIpc) is 3.24. The van der Waals surface area contributed by atoms with E-state index in [4.69, 9.17) is 16.3 Å². The van der Waals surface area contributed by atoms with Gasteiger partial charge in [0.05, 0.1) is 0 Å². The van der Waals surface area contributed by atoms with Crippen LogP contribution in [-0.2, 0) is 19.6 Å². The van der Waals surface area contributed by atoms with Crippen molar-refractivity contribution in [2.45, 2.75) is 19.6 Å². The number of carbonyl (C=O) groups is 1. The van der Waals surface area contributed by atoms with Crippen LogP contribution >= 0.6 is 11.6 Å². The Morgan fingerprint density at radius 2 is 1.84 bits per heavy atom. The van der Waals surface area contributed by atoms with Gasteiger partial charge in [0.25, 0.3) is 5.91 Å². The minimum atomic E-state index is -0.243. The first kappa shape index (κ1) is 20.6. The molecule has 6 nitrogen and oxygen atoms in total. The quantitative estimate of drug-likeness (QED) is 0.425. The number of anilines is 1. The third-order valence-corrected chi connectivity index (χ3v) is 4.89. The summed E-state index contributed by atoms with van der Waals surface area (Å²) in [5.41, 5.74) is 2.64. The predicted octanol–water partition coefficient (Wildman–Crippen LogP) is 5.01. The van der Waals surface area contributed by atoms with Crippen molar-refractivity contribution in [3.63, 3.8) is 0 Å². The molecule has 0 saturated carbocycles. The molecule has 0 radical (unpaired) electrons. The smallest absolute Gasteiger partial charge is 0.256 e. The molecule has 4 rings (SSSR count). The summed E-state index contributed by atoms with van der Waals surface area (Å²) in [6.07, 6.45) is 6.23. The number of benzene rings is 2. The number of rotatable bonds is 8. The van der Waals surface area contributed by atoms with E-state index in [2.05, 4.69) is 15.4 Å². The summed E-state index contributed by atoms with van der Waals surface area (Å²) in [5.74, 6) is 0.869. The number of nitrogens with zero attached hydrogens (tertiary/aromatic N) is 3. The van der Waals surface area contributed by atoms with Crippen molar-refractivity contribution in [2.75, 3.05) is 5.32 Å². The lowest BCUT2D eigenvalue weighted by molar-refractivity contribution is 0.102. The highest BCUT2D eigenvalue weighted by molar-refractivity contribution is 6.30. The monoisotopic (exact) mass is 432 g/mol. The summed E-state index contributed by atoms with van der Waals surface area (Å²) in [7, 11) is 0. The highest BCUT2D eigenvalue weighted by Gasteiger charge is 2.10. The van der Waals surface area contributed by atoms with Crippen molar-refractivity contribution in [1.82, 2.24) is 14.8 Å². The van der Waals surface area contributed by atoms with Gasteiger partial charge in [0.2, 0.25) is 0 Å². The lowest BCUT2D eigenvalue weighted by atomic mass is 10.2. The molecule has 2 heterocycles. The Balaban J connectivity index is 1.33. The first-order valence-electron chi connectivity index (χ1n) is 9.87. The SMILES string of the molecule is O=C(Nc1ccn(CCc2ccncc2)n1)c1cccc(OCc2cccc(Cl)c2)c1. The molecule has 1 amide bonds. The van der Waals surface area contributed by atoms with E-state index < -0.39 is 0 Å². The van der Waals surface area contributed by atoms with Gasteiger partial charge >= 0.3 is 0 Å². The predicted molar refractivity (Wildman–Crippen MR) is 120 cm³/mol. The van der Waals surface area contributed by atoms with Gasteiger partial charge in [0, 0.05) is 41.8 Å². The van der Waals surface area contributed by atoms with Crippen LogP contribution in [0.15, 0.2) is 85.3 Å². The zero-order valence-electron chi connectivity index (χ0n) is 16.7. The highest BCUT2D eigenvalue weighted by Crippen LogP contribution is 2.18. The van der Waals surface area contributed by atoms with Crippen LogP contribution in [0.4, 0.5) is 5.82 Å². The summed E-state index contributed by atoms with van der Waals surface area (Å²) < 4.78 is 7.61. The number of hydrogen-bond donors (Lipinski definition) is 1. The third-order valence-electron chi connectivity index (χ3n) is 4.65. The zero-order valence-corrected chi connectivity index (χ0v) is 17.5. The van der Waals surface area contributed by atoms with Crippen molar-refractivity contribution in [3.8, 4) is 5.75 Å². The molecular weight excluding hydrogens is 412 g/mol. The van der Waals surface area contributed by atoms with E-state index in [0.29, 0.717) is 35.3 Å². The number of hydrogen-bond acceptors (Lipinski definition) is 4. The molecule has 0 spiro atoms. The van der Waals surface area contributed by atoms with Crippen molar-refractivity contribution in [1.29, 1.82) is 0 Å². The largest absolute Gasteiger partial charge is 0.489 e.